The highest BCUT2D eigenvalue weighted by molar-refractivity contribution is 5.94. The zero-order valence-electron chi connectivity index (χ0n) is 15.2. The summed E-state index contributed by atoms with van der Waals surface area (Å²) in [6.07, 6.45) is 7.25. The molecule has 0 atom stereocenters. The Morgan fingerprint density at radius 2 is 1.81 bits per heavy atom. The number of nitrogens with zero attached hydrogens (tertiary/aromatic N) is 2. The van der Waals surface area contributed by atoms with E-state index in [1.165, 1.54) is 23.5 Å². The molecule has 1 N–H and O–H groups in total. The van der Waals surface area contributed by atoms with Crippen LogP contribution in [0.4, 0.5) is 0 Å². The van der Waals surface area contributed by atoms with Crippen LogP contribution in [0.1, 0.15) is 28.8 Å². The molecular weight excluding hydrogens is 342 g/mol. The highest BCUT2D eigenvalue weighted by atomic mass is 16.3. The lowest BCUT2D eigenvalue weighted by Crippen LogP contribution is -2.50. The van der Waals surface area contributed by atoms with E-state index in [4.69, 9.17) is 4.42 Å². The van der Waals surface area contributed by atoms with Gasteiger partial charge in [0.15, 0.2) is 0 Å². The summed E-state index contributed by atoms with van der Waals surface area (Å²) in [5.41, 5.74) is 2.96. The van der Waals surface area contributed by atoms with Gasteiger partial charge in [0, 0.05) is 49.7 Å². The Morgan fingerprint density at radius 1 is 1.04 bits per heavy atom. The molecule has 1 aliphatic rings. The molecule has 140 valence electrons. The first-order valence-electron chi connectivity index (χ1n) is 9.36. The Balaban J connectivity index is 1.24. The molecule has 2 amide bonds. The molecule has 0 unspecified atom stereocenters. The summed E-state index contributed by atoms with van der Waals surface area (Å²) in [6.45, 7) is 2.32. The van der Waals surface area contributed by atoms with Crippen molar-refractivity contribution in [2.45, 2.75) is 19.3 Å². The summed E-state index contributed by atoms with van der Waals surface area (Å²) in [4.78, 5) is 31.7. The van der Waals surface area contributed by atoms with Crippen LogP contribution in [-0.2, 0) is 11.2 Å². The van der Waals surface area contributed by atoms with Crippen molar-refractivity contribution in [1.29, 1.82) is 0 Å². The van der Waals surface area contributed by atoms with E-state index in [0.717, 1.165) is 18.4 Å². The van der Waals surface area contributed by atoms with Gasteiger partial charge in [0.25, 0.3) is 5.91 Å². The van der Waals surface area contributed by atoms with Gasteiger partial charge in [-0.3, -0.25) is 9.59 Å². The largest absolute Gasteiger partial charge is 0.472 e. The number of benzene rings is 1. The highest BCUT2D eigenvalue weighted by Crippen LogP contribution is 2.20. The van der Waals surface area contributed by atoms with Crippen LogP contribution < -0.4 is 0 Å². The fraction of sp³-hybridized carbons (Fsp3) is 0.333. The lowest BCUT2D eigenvalue weighted by atomic mass is 10.1. The molecule has 1 fully saturated rings. The van der Waals surface area contributed by atoms with Crippen molar-refractivity contribution >= 4 is 22.7 Å². The number of carbonyl (C=O) groups is 2. The summed E-state index contributed by atoms with van der Waals surface area (Å²) in [7, 11) is 0. The molecular formula is C21H23N3O3. The van der Waals surface area contributed by atoms with Gasteiger partial charge in [-0.15, -0.1) is 0 Å². The van der Waals surface area contributed by atoms with Crippen molar-refractivity contribution in [1.82, 2.24) is 14.8 Å². The molecule has 2 aromatic heterocycles. The van der Waals surface area contributed by atoms with Gasteiger partial charge in [-0.05, 0) is 30.5 Å². The number of H-pyrrole nitrogens is 1. The predicted molar refractivity (Wildman–Crippen MR) is 102 cm³/mol. The second-order valence-corrected chi connectivity index (χ2v) is 6.90. The maximum absolute atomic E-state index is 12.5. The smallest absolute Gasteiger partial charge is 0.257 e. The lowest BCUT2D eigenvalue weighted by Gasteiger charge is -2.34. The van der Waals surface area contributed by atoms with Gasteiger partial charge in [-0.25, -0.2) is 0 Å². The molecule has 3 aromatic rings. The molecule has 1 saturated heterocycles. The molecule has 0 spiro atoms. The van der Waals surface area contributed by atoms with Gasteiger partial charge in [0.2, 0.25) is 5.91 Å². The Kier molecular flexibility index (Phi) is 4.96. The number of hydrogen-bond acceptors (Lipinski definition) is 3. The zero-order chi connectivity index (χ0) is 18.6. The van der Waals surface area contributed by atoms with E-state index in [2.05, 4.69) is 17.1 Å². The zero-order valence-corrected chi connectivity index (χ0v) is 15.2. The first kappa shape index (κ1) is 17.4. The number of para-hydroxylation sites is 1. The van der Waals surface area contributed by atoms with E-state index in [9.17, 15) is 9.59 Å². The van der Waals surface area contributed by atoms with Crippen molar-refractivity contribution in [2.24, 2.45) is 0 Å². The summed E-state index contributed by atoms with van der Waals surface area (Å²) < 4.78 is 4.97. The highest BCUT2D eigenvalue weighted by Gasteiger charge is 2.25. The molecule has 6 nitrogen and oxygen atoms in total. The molecule has 1 aromatic carbocycles. The number of rotatable bonds is 5. The van der Waals surface area contributed by atoms with Crippen LogP contribution in [-0.4, -0.2) is 52.8 Å². The molecule has 0 saturated carbocycles. The Bertz CT molecular complexity index is 921. The minimum absolute atomic E-state index is 0.0322. The quantitative estimate of drug-likeness (QED) is 0.755. The number of carbonyl (C=O) groups excluding carboxylic acids is 2. The number of amides is 2. The topological polar surface area (TPSA) is 69.6 Å². The first-order valence-corrected chi connectivity index (χ1v) is 9.36. The number of furan rings is 1. The third-order valence-corrected chi connectivity index (χ3v) is 5.20. The van der Waals surface area contributed by atoms with Gasteiger partial charge in [-0.2, -0.15) is 0 Å². The fourth-order valence-corrected chi connectivity index (χ4v) is 3.65. The Hall–Kier alpha value is -3.02. The maximum Gasteiger partial charge on any atom is 0.257 e. The first-order chi connectivity index (χ1) is 13.2. The summed E-state index contributed by atoms with van der Waals surface area (Å²) in [5.74, 6) is 0.139. The molecule has 3 heterocycles. The van der Waals surface area contributed by atoms with Gasteiger partial charge >= 0.3 is 0 Å². The molecule has 4 rings (SSSR count). The van der Waals surface area contributed by atoms with Crippen molar-refractivity contribution in [3.05, 3.63) is 60.2 Å². The van der Waals surface area contributed by atoms with Crippen molar-refractivity contribution in [2.75, 3.05) is 26.2 Å². The van der Waals surface area contributed by atoms with E-state index in [1.807, 2.05) is 23.2 Å². The number of fused-ring (bicyclic) bond motifs is 1. The SMILES string of the molecule is O=C(CCCc1c[nH]c2ccccc12)N1CCN(C(=O)c2ccoc2)CC1. The van der Waals surface area contributed by atoms with E-state index in [0.29, 0.717) is 38.2 Å². The monoisotopic (exact) mass is 365 g/mol. The minimum Gasteiger partial charge on any atom is -0.472 e. The molecule has 27 heavy (non-hydrogen) atoms. The molecule has 0 bridgehead atoms. The van der Waals surface area contributed by atoms with Crippen LogP contribution in [0.25, 0.3) is 10.9 Å². The van der Waals surface area contributed by atoms with Gasteiger partial charge < -0.3 is 19.2 Å². The summed E-state index contributed by atoms with van der Waals surface area (Å²) in [6, 6.07) is 9.90. The number of aromatic amines is 1. The number of aromatic nitrogens is 1. The van der Waals surface area contributed by atoms with Crippen molar-refractivity contribution in [3.8, 4) is 0 Å². The van der Waals surface area contributed by atoms with E-state index in [1.54, 1.807) is 11.0 Å². The number of piperazine rings is 1. The molecule has 0 aliphatic carbocycles. The molecule has 6 heteroatoms. The summed E-state index contributed by atoms with van der Waals surface area (Å²) in [5, 5.41) is 1.23. The third-order valence-electron chi connectivity index (χ3n) is 5.20. The standard InChI is InChI=1S/C21H23N3O3/c25-20(7-3-4-16-14-22-19-6-2-1-5-18(16)19)23-9-11-24(12-10-23)21(26)17-8-13-27-15-17/h1-2,5-6,8,13-15,22H,3-4,7,9-12H2. The lowest BCUT2D eigenvalue weighted by molar-refractivity contribution is -0.132. The minimum atomic E-state index is -0.0322. The second-order valence-electron chi connectivity index (χ2n) is 6.90. The third kappa shape index (κ3) is 3.74. The normalized spacial score (nSPS) is 14.7. The van der Waals surface area contributed by atoms with Crippen LogP contribution in [0.15, 0.2) is 53.5 Å². The van der Waals surface area contributed by atoms with Crippen LogP contribution in [0.2, 0.25) is 0 Å². The van der Waals surface area contributed by atoms with Gasteiger partial charge in [0.1, 0.15) is 6.26 Å². The molecule has 1 aliphatic heterocycles. The van der Waals surface area contributed by atoms with Crippen LogP contribution in [0, 0.1) is 0 Å². The van der Waals surface area contributed by atoms with E-state index in [-0.39, 0.29) is 11.8 Å². The van der Waals surface area contributed by atoms with Gasteiger partial charge in [0.05, 0.1) is 11.8 Å². The predicted octanol–water partition coefficient (Wildman–Crippen LogP) is 3.07. The average Bonchev–Trinajstić information content (AvgIpc) is 3.38. The van der Waals surface area contributed by atoms with Crippen LogP contribution >= 0.6 is 0 Å². The number of aryl methyl sites for hydroxylation is 1. The van der Waals surface area contributed by atoms with E-state index >= 15 is 0 Å². The van der Waals surface area contributed by atoms with Crippen molar-refractivity contribution < 1.29 is 14.0 Å². The molecule has 0 radical (unpaired) electrons. The Morgan fingerprint density at radius 3 is 2.59 bits per heavy atom. The van der Waals surface area contributed by atoms with Crippen LogP contribution in [0.3, 0.4) is 0 Å². The van der Waals surface area contributed by atoms with Gasteiger partial charge in [-0.1, -0.05) is 18.2 Å². The van der Waals surface area contributed by atoms with Crippen LogP contribution in [0.5, 0.6) is 0 Å². The number of nitrogens with one attached hydrogen (secondary N) is 1. The number of hydrogen-bond donors (Lipinski definition) is 1. The van der Waals surface area contributed by atoms with Crippen molar-refractivity contribution in [3.63, 3.8) is 0 Å². The summed E-state index contributed by atoms with van der Waals surface area (Å²) >= 11 is 0. The Labute approximate surface area is 157 Å². The fourth-order valence-electron chi connectivity index (χ4n) is 3.65. The van der Waals surface area contributed by atoms with E-state index < -0.39 is 0 Å². The second kappa shape index (κ2) is 7.70. The maximum atomic E-state index is 12.5. The average molecular weight is 365 g/mol.